The molecular formula is C20H24N4O4. The van der Waals surface area contributed by atoms with Crippen molar-refractivity contribution in [1.82, 2.24) is 20.4 Å². The van der Waals surface area contributed by atoms with Gasteiger partial charge in [-0.05, 0) is 56.6 Å². The molecule has 3 aliphatic rings. The van der Waals surface area contributed by atoms with Gasteiger partial charge in [-0.2, -0.15) is 0 Å². The average molecular weight is 384 g/mol. The molecule has 8 nitrogen and oxygen atoms in total. The third-order valence-corrected chi connectivity index (χ3v) is 5.69. The van der Waals surface area contributed by atoms with E-state index < -0.39 is 23.8 Å². The molecule has 1 aromatic rings. The highest BCUT2D eigenvalue weighted by Gasteiger charge is 2.44. The number of fused-ring (bicyclic) bond motifs is 1. The summed E-state index contributed by atoms with van der Waals surface area (Å²) in [5.74, 6) is -1.26. The number of rotatable bonds is 5. The van der Waals surface area contributed by atoms with E-state index in [1.54, 1.807) is 12.1 Å². The first-order chi connectivity index (χ1) is 13.4. The van der Waals surface area contributed by atoms with Crippen molar-refractivity contribution < 1.29 is 19.2 Å². The Balaban J connectivity index is 1.49. The summed E-state index contributed by atoms with van der Waals surface area (Å²) >= 11 is 0. The fourth-order valence-electron chi connectivity index (χ4n) is 4.30. The number of nitrogens with zero attached hydrogens (tertiary/aromatic N) is 2. The predicted octanol–water partition coefficient (Wildman–Crippen LogP) is 0.129. The zero-order chi connectivity index (χ0) is 19.8. The van der Waals surface area contributed by atoms with Gasteiger partial charge in [0.1, 0.15) is 6.04 Å². The minimum Gasteiger partial charge on any atom is -0.316 e. The molecule has 0 radical (unpaired) electrons. The molecule has 148 valence electrons. The molecule has 28 heavy (non-hydrogen) atoms. The molecule has 1 aromatic carbocycles. The van der Waals surface area contributed by atoms with Crippen LogP contribution < -0.4 is 10.6 Å². The van der Waals surface area contributed by atoms with Gasteiger partial charge in [0, 0.05) is 19.5 Å². The van der Waals surface area contributed by atoms with E-state index >= 15 is 0 Å². The fraction of sp³-hybridized carbons (Fsp3) is 0.500. The molecule has 3 aliphatic heterocycles. The van der Waals surface area contributed by atoms with E-state index in [-0.39, 0.29) is 18.7 Å². The Bertz CT molecular complexity index is 847. The van der Waals surface area contributed by atoms with Crippen LogP contribution in [0.4, 0.5) is 0 Å². The number of nitrogens with one attached hydrogen (secondary N) is 2. The smallest absolute Gasteiger partial charge is 0.262 e. The topological polar surface area (TPSA) is 98.8 Å². The molecule has 4 rings (SSSR count). The lowest BCUT2D eigenvalue weighted by Crippen LogP contribution is -2.54. The van der Waals surface area contributed by atoms with Gasteiger partial charge in [0.2, 0.25) is 11.8 Å². The van der Waals surface area contributed by atoms with Crippen LogP contribution in [-0.2, 0) is 16.1 Å². The van der Waals surface area contributed by atoms with Gasteiger partial charge in [-0.3, -0.25) is 29.4 Å². The first kappa shape index (κ1) is 18.8. The second-order valence-corrected chi connectivity index (χ2v) is 7.88. The van der Waals surface area contributed by atoms with E-state index in [4.69, 9.17) is 0 Å². The van der Waals surface area contributed by atoms with Crippen molar-refractivity contribution >= 4 is 23.6 Å². The molecule has 4 amide bonds. The Kier molecular flexibility index (Phi) is 4.99. The number of hydrogen-bond acceptors (Lipinski definition) is 6. The number of piperidine rings is 1. The Morgan fingerprint density at radius 3 is 2.61 bits per heavy atom. The van der Waals surface area contributed by atoms with Crippen molar-refractivity contribution in [3.63, 3.8) is 0 Å². The molecular weight excluding hydrogens is 360 g/mol. The normalized spacial score (nSPS) is 24.9. The molecule has 0 saturated carbocycles. The Hall–Kier alpha value is -2.58. The first-order valence-corrected chi connectivity index (χ1v) is 9.68. The van der Waals surface area contributed by atoms with E-state index in [0.717, 1.165) is 30.1 Å². The van der Waals surface area contributed by atoms with Crippen LogP contribution in [-0.4, -0.2) is 66.2 Å². The number of benzene rings is 1. The second kappa shape index (κ2) is 7.44. The zero-order valence-corrected chi connectivity index (χ0v) is 15.9. The van der Waals surface area contributed by atoms with Crippen LogP contribution in [0.3, 0.4) is 0 Å². The summed E-state index contributed by atoms with van der Waals surface area (Å²) in [6.45, 7) is 3.75. The first-order valence-electron chi connectivity index (χ1n) is 9.68. The lowest BCUT2D eigenvalue weighted by Gasteiger charge is -2.27. The summed E-state index contributed by atoms with van der Waals surface area (Å²) in [7, 11) is 2.05. The number of hydrogen-bond donors (Lipinski definition) is 2. The standard InChI is InChI=1S/C20H24N4O4/c1-23(11-13-6-7-21-9-13)10-12-2-3-14-15(8-12)20(28)24(19(14)27)16-4-5-17(25)22-18(16)26/h2-3,8,13,16,21H,4-7,9-11H2,1H3,(H,22,25,26). The van der Waals surface area contributed by atoms with Crippen LogP contribution in [0, 0.1) is 5.92 Å². The Labute approximate surface area is 163 Å². The maximum absolute atomic E-state index is 12.9. The summed E-state index contributed by atoms with van der Waals surface area (Å²) in [6, 6.07) is 4.36. The van der Waals surface area contributed by atoms with E-state index in [0.29, 0.717) is 23.6 Å². The van der Waals surface area contributed by atoms with Crippen molar-refractivity contribution in [1.29, 1.82) is 0 Å². The van der Waals surface area contributed by atoms with Gasteiger partial charge in [0.25, 0.3) is 11.8 Å². The van der Waals surface area contributed by atoms with Gasteiger partial charge in [-0.15, -0.1) is 0 Å². The third-order valence-electron chi connectivity index (χ3n) is 5.69. The zero-order valence-electron chi connectivity index (χ0n) is 15.9. The van der Waals surface area contributed by atoms with E-state index in [9.17, 15) is 19.2 Å². The highest BCUT2D eigenvalue weighted by molar-refractivity contribution is 6.23. The lowest BCUT2D eigenvalue weighted by atomic mass is 10.0. The number of carbonyl (C=O) groups is 4. The van der Waals surface area contributed by atoms with E-state index in [2.05, 4.69) is 15.5 Å². The van der Waals surface area contributed by atoms with Crippen LogP contribution in [0.5, 0.6) is 0 Å². The minimum absolute atomic E-state index is 0.121. The molecule has 0 aliphatic carbocycles. The van der Waals surface area contributed by atoms with Gasteiger partial charge in [-0.1, -0.05) is 6.07 Å². The molecule has 0 aromatic heterocycles. The van der Waals surface area contributed by atoms with Gasteiger partial charge in [-0.25, -0.2) is 0 Å². The maximum atomic E-state index is 12.9. The highest BCUT2D eigenvalue weighted by atomic mass is 16.2. The maximum Gasteiger partial charge on any atom is 0.262 e. The van der Waals surface area contributed by atoms with Crippen LogP contribution in [0.2, 0.25) is 0 Å². The average Bonchev–Trinajstić information content (AvgIpc) is 3.23. The summed E-state index contributed by atoms with van der Waals surface area (Å²) < 4.78 is 0. The largest absolute Gasteiger partial charge is 0.316 e. The number of imide groups is 2. The SMILES string of the molecule is CN(Cc1ccc2c(c1)C(=O)N(C1CCC(=O)NC1=O)C2=O)CC1CCNC1. The second-order valence-electron chi connectivity index (χ2n) is 7.88. The molecule has 2 unspecified atom stereocenters. The van der Waals surface area contributed by atoms with Crippen LogP contribution in [0.25, 0.3) is 0 Å². The lowest BCUT2D eigenvalue weighted by molar-refractivity contribution is -0.136. The van der Waals surface area contributed by atoms with Crippen LogP contribution in [0.15, 0.2) is 18.2 Å². The Morgan fingerprint density at radius 2 is 1.89 bits per heavy atom. The monoisotopic (exact) mass is 384 g/mol. The van der Waals surface area contributed by atoms with Crippen molar-refractivity contribution in [3.05, 3.63) is 34.9 Å². The molecule has 8 heteroatoms. The number of amides is 4. The van der Waals surface area contributed by atoms with Crippen molar-refractivity contribution in [2.45, 2.75) is 31.8 Å². The summed E-state index contributed by atoms with van der Waals surface area (Å²) in [5, 5.41) is 5.57. The van der Waals surface area contributed by atoms with Gasteiger partial charge >= 0.3 is 0 Å². The van der Waals surface area contributed by atoms with Crippen LogP contribution >= 0.6 is 0 Å². The summed E-state index contributed by atoms with van der Waals surface area (Å²) in [6.07, 6.45) is 1.46. The molecule has 0 bridgehead atoms. The molecule has 0 spiro atoms. The van der Waals surface area contributed by atoms with Crippen molar-refractivity contribution in [3.8, 4) is 0 Å². The molecule has 2 fully saturated rings. The summed E-state index contributed by atoms with van der Waals surface area (Å²) in [4.78, 5) is 52.3. The quantitative estimate of drug-likeness (QED) is 0.700. The van der Waals surface area contributed by atoms with Gasteiger partial charge in [0.15, 0.2) is 0 Å². The molecule has 2 atom stereocenters. The van der Waals surface area contributed by atoms with Crippen molar-refractivity contribution in [2.24, 2.45) is 5.92 Å². The van der Waals surface area contributed by atoms with Gasteiger partial charge < -0.3 is 10.2 Å². The molecule has 2 saturated heterocycles. The third kappa shape index (κ3) is 3.45. The van der Waals surface area contributed by atoms with Crippen molar-refractivity contribution in [2.75, 3.05) is 26.7 Å². The van der Waals surface area contributed by atoms with Gasteiger partial charge in [0.05, 0.1) is 11.1 Å². The fourth-order valence-corrected chi connectivity index (χ4v) is 4.30. The number of carbonyl (C=O) groups excluding carboxylic acids is 4. The van der Waals surface area contributed by atoms with E-state index in [1.165, 1.54) is 6.42 Å². The molecule has 2 N–H and O–H groups in total. The predicted molar refractivity (Wildman–Crippen MR) is 100 cm³/mol. The Morgan fingerprint density at radius 1 is 1.11 bits per heavy atom. The summed E-state index contributed by atoms with van der Waals surface area (Å²) in [5.41, 5.74) is 1.61. The van der Waals surface area contributed by atoms with E-state index in [1.807, 2.05) is 13.1 Å². The van der Waals surface area contributed by atoms with Crippen LogP contribution in [0.1, 0.15) is 45.5 Å². The highest BCUT2D eigenvalue weighted by Crippen LogP contribution is 2.28. The minimum atomic E-state index is -0.925. The molecule has 3 heterocycles.